The molecule has 0 bridgehead atoms. The quantitative estimate of drug-likeness (QED) is 0.641. The average molecular weight is 223 g/mol. The molecule has 0 aliphatic carbocycles. The predicted molar refractivity (Wildman–Crippen MR) is 61.3 cm³/mol. The molecule has 0 saturated heterocycles. The first-order valence-corrected chi connectivity index (χ1v) is 5.07. The Labute approximate surface area is 94.8 Å². The zero-order valence-corrected chi connectivity index (χ0v) is 9.27. The van der Waals surface area contributed by atoms with E-state index in [1.54, 1.807) is 6.92 Å². The fourth-order valence-corrected chi connectivity index (χ4v) is 1.31. The monoisotopic (exact) mass is 223 g/mol. The average Bonchev–Trinajstić information content (AvgIpc) is 2.26. The van der Waals surface area contributed by atoms with Crippen molar-refractivity contribution in [3.05, 3.63) is 35.4 Å². The normalized spacial score (nSPS) is 12.1. The molecule has 2 amide bonds. The van der Waals surface area contributed by atoms with Gasteiger partial charge in [0.05, 0.1) is 6.61 Å². The summed E-state index contributed by atoms with van der Waals surface area (Å²) >= 11 is 0. The third-order valence-electron chi connectivity index (χ3n) is 2.07. The van der Waals surface area contributed by atoms with Crippen molar-refractivity contribution in [2.45, 2.75) is 26.3 Å². The highest BCUT2D eigenvalue weighted by atomic mass is 16.5. The Morgan fingerprint density at radius 2 is 2.19 bits per heavy atom. The second-order valence-electron chi connectivity index (χ2n) is 3.49. The highest BCUT2D eigenvalue weighted by molar-refractivity contribution is 5.71. The molecule has 5 heteroatoms. The van der Waals surface area contributed by atoms with E-state index in [-0.39, 0.29) is 0 Å². The van der Waals surface area contributed by atoms with Crippen LogP contribution in [0.2, 0.25) is 0 Å². The molecular formula is C11H17N3O2. The number of carbonyl (C=O) groups excluding carboxylic acids is 1. The Hall–Kier alpha value is -1.59. The molecule has 1 aromatic carbocycles. The van der Waals surface area contributed by atoms with Crippen molar-refractivity contribution in [1.82, 2.24) is 5.32 Å². The van der Waals surface area contributed by atoms with Crippen LogP contribution in [0.4, 0.5) is 4.79 Å². The highest BCUT2D eigenvalue weighted by Crippen LogP contribution is 2.06. The van der Waals surface area contributed by atoms with Gasteiger partial charge in [0.2, 0.25) is 0 Å². The van der Waals surface area contributed by atoms with Crippen LogP contribution < -0.4 is 16.8 Å². The van der Waals surface area contributed by atoms with Gasteiger partial charge in [0, 0.05) is 6.54 Å². The van der Waals surface area contributed by atoms with Crippen molar-refractivity contribution in [2.75, 3.05) is 0 Å². The minimum atomic E-state index is -0.594. The van der Waals surface area contributed by atoms with Crippen LogP contribution in [0.5, 0.6) is 0 Å². The lowest BCUT2D eigenvalue weighted by molar-refractivity contribution is 0.0386. The van der Waals surface area contributed by atoms with Gasteiger partial charge in [0.1, 0.15) is 6.23 Å². The number of benzene rings is 1. The maximum atomic E-state index is 10.5. The molecule has 0 radical (unpaired) electrons. The molecule has 0 aliphatic rings. The van der Waals surface area contributed by atoms with Gasteiger partial charge in [0.25, 0.3) is 0 Å². The molecule has 1 atom stereocenters. The van der Waals surface area contributed by atoms with Crippen molar-refractivity contribution >= 4 is 6.03 Å². The Morgan fingerprint density at radius 3 is 2.81 bits per heavy atom. The summed E-state index contributed by atoms with van der Waals surface area (Å²) in [5.41, 5.74) is 12.6. The topological polar surface area (TPSA) is 90.4 Å². The number of ether oxygens (including phenoxy) is 1. The van der Waals surface area contributed by atoms with E-state index in [0.717, 1.165) is 11.1 Å². The lowest BCUT2D eigenvalue weighted by Crippen LogP contribution is -2.38. The standard InChI is InChI=1S/C11H17N3O2/c1-8(14-11(13)15)16-7-10-4-2-3-9(5-10)6-12/h2-5,8H,6-7,12H2,1H3,(H3,13,14,15). The fourth-order valence-electron chi connectivity index (χ4n) is 1.31. The van der Waals surface area contributed by atoms with Crippen LogP contribution in [0, 0.1) is 0 Å². The molecule has 0 aromatic heterocycles. The van der Waals surface area contributed by atoms with E-state index in [9.17, 15) is 4.79 Å². The van der Waals surface area contributed by atoms with Gasteiger partial charge in [-0.2, -0.15) is 0 Å². The minimum absolute atomic E-state index is 0.404. The first-order valence-electron chi connectivity index (χ1n) is 5.07. The maximum Gasteiger partial charge on any atom is 0.314 e. The number of rotatable bonds is 5. The smallest absolute Gasteiger partial charge is 0.314 e. The number of primary amides is 1. The molecule has 0 spiro atoms. The SMILES string of the molecule is CC(NC(N)=O)OCc1cccc(CN)c1. The Balaban J connectivity index is 2.44. The second-order valence-corrected chi connectivity index (χ2v) is 3.49. The van der Waals surface area contributed by atoms with Gasteiger partial charge in [0.15, 0.2) is 0 Å². The van der Waals surface area contributed by atoms with Gasteiger partial charge in [-0.15, -0.1) is 0 Å². The third-order valence-corrected chi connectivity index (χ3v) is 2.07. The largest absolute Gasteiger partial charge is 0.354 e. The number of nitrogens with two attached hydrogens (primary N) is 2. The molecule has 1 unspecified atom stereocenters. The Morgan fingerprint density at radius 1 is 1.50 bits per heavy atom. The first kappa shape index (κ1) is 12.5. The summed E-state index contributed by atoms with van der Waals surface area (Å²) in [6.07, 6.45) is -0.404. The molecule has 0 fully saturated rings. The summed E-state index contributed by atoms with van der Waals surface area (Å²) in [6.45, 7) is 2.63. The fraction of sp³-hybridized carbons (Fsp3) is 0.364. The zero-order valence-electron chi connectivity index (χ0n) is 9.27. The molecule has 1 aromatic rings. The van der Waals surface area contributed by atoms with Gasteiger partial charge in [-0.05, 0) is 18.1 Å². The molecule has 1 rings (SSSR count). The number of hydrogen-bond acceptors (Lipinski definition) is 3. The molecule has 5 N–H and O–H groups in total. The number of urea groups is 1. The van der Waals surface area contributed by atoms with Crippen LogP contribution in [0.1, 0.15) is 18.1 Å². The van der Waals surface area contributed by atoms with E-state index in [1.165, 1.54) is 0 Å². The van der Waals surface area contributed by atoms with Crippen molar-refractivity contribution in [2.24, 2.45) is 11.5 Å². The summed E-state index contributed by atoms with van der Waals surface area (Å²) in [5, 5.41) is 2.43. The van der Waals surface area contributed by atoms with Gasteiger partial charge in [-0.1, -0.05) is 24.3 Å². The van der Waals surface area contributed by atoms with E-state index < -0.39 is 12.3 Å². The van der Waals surface area contributed by atoms with E-state index in [4.69, 9.17) is 16.2 Å². The van der Waals surface area contributed by atoms with Gasteiger partial charge in [-0.3, -0.25) is 0 Å². The van der Waals surface area contributed by atoms with Crippen LogP contribution in [-0.4, -0.2) is 12.3 Å². The molecule has 5 nitrogen and oxygen atoms in total. The van der Waals surface area contributed by atoms with Gasteiger partial charge < -0.3 is 21.5 Å². The van der Waals surface area contributed by atoms with Crippen molar-refractivity contribution in [1.29, 1.82) is 0 Å². The number of carbonyl (C=O) groups is 1. The van der Waals surface area contributed by atoms with E-state index in [0.29, 0.717) is 13.2 Å². The van der Waals surface area contributed by atoms with E-state index in [2.05, 4.69) is 5.32 Å². The summed E-state index contributed by atoms with van der Waals surface area (Å²) in [5.74, 6) is 0. The van der Waals surface area contributed by atoms with Gasteiger partial charge in [-0.25, -0.2) is 4.79 Å². The summed E-state index contributed by atoms with van der Waals surface area (Å²) in [6, 6.07) is 7.19. The maximum absolute atomic E-state index is 10.5. The Bertz CT molecular complexity index is 355. The Kier molecular flexibility index (Phi) is 4.75. The minimum Gasteiger partial charge on any atom is -0.354 e. The van der Waals surface area contributed by atoms with Crippen LogP contribution in [0.3, 0.4) is 0 Å². The molecule has 0 saturated carbocycles. The number of hydrogen-bond donors (Lipinski definition) is 3. The lowest BCUT2D eigenvalue weighted by atomic mass is 10.1. The van der Waals surface area contributed by atoms with Crippen LogP contribution in [-0.2, 0) is 17.9 Å². The lowest BCUT2D eigenvalue weighted by Gasteiger charge is -2.13. The second kappa shape index (κ2) is 6.09. The van der Waals surface area contributed by atoms with Crippen LogP contribution in [0.15, 0.2) is 24.3 Å². The molecule has 0 heterocycles. The predicted octanol–water partition coefficient (Wildman–Crippen LogP) is 0.676. The summed E-state index contributed by atoms with van der Waals surface area (Å²) in [4.78, 5) is 10.5. The van der Waals surface area contributed by atoms with Crippen LogP contribution in [0.25, 0.3) is 0 Å². The number of nitrogens with one attached hydrogen (secondary N) is 1. The van der Waals surface area contributed by atoms with Gasteiger partial charge >= 0.3 is 6.03 Å². The summed E-state index contributed by atoms with van der Waals surface area (Å²) < 4.78 is 5.39. The van der Waals surface area contributed by atoms with Crippen molar-refractivity contribution in [3.8, 4) is 0 Å². The molecule has 16 heavy (non-hydrogen) atoms. The summed E-state index contributed by atoms with van der Waals surface area (Å²) in [7, 11) is 0. The molecule has 0 aliphatic heterocycles. The van der Waals surface area contributed by atoms with E-state index in [1.807, 2.05) is 24.3 Å². The third kappa shape index (κ3) is 4.29. The van der Waals surface area contributed by atoms with Crippen LogP contribution >= 0.6 is 0 Å². The van der Waals surface area contributed by atoms with E-state index >= 15 is 0 Å². The number of amides is 2. The molecule has 88 valence electrons. The molecular weight excluding hydrogens is 206 g/mol. The zero-order chi connectivity index (χ0) is 12.0. The van der Waals surface area contributed by atoms with Crippen molar-refractivity contribution < 1.29 is 9.53 Å². The van der Waals surface area contributed by atoms with Crippen molar-refractivity contribution in [3.63, 3.8) is 0 Å². The highest BCUT2D eigenvalue weighted by Gasteiger charge is 2.03. The first-order chi connectivity index (χ1) is 7.61.